The minimum absolute atomic E-state index is 0.0558. The van der Waals surface area contributed by atoms with E-state index in [9.17, 15) is 4.79 Å². The third-order valence-electron chi connectivity index (χ3n) is 3.61. The Morgan fingerprint density at radius 2 is 1.92 bits per heavy atom. The van der Waals surface area contributed by atoms with E-state index in [4.69, 9.17) is 9.47 Å². The number of carbonyl (C=O) groups is 1. The van der Waals surface area contributed by atoms with Crippen molar-refractivity contribution in [2.75, 3.05) is 20.3 Å². The molecule has 3 rings (SSSR count). The summed E-state index contributed by atoms with van der Waals surface area (Å²) in [5.74, 6) is 0.971. The average Bonchev–Trinajstić information content (AvgIpc) is 3.16. The molecular weight excluding hydrogens is 350 g/mol. The number of carbonyl (C=O) groups excluding carboxylic acids is 1. The van der Waals surface area contributed by atoms with Gasteiger partial charge in [0.05, 0.1) is 12.8 Å². The van der Waals surface area contributed by atoms with E-state index < -0.39 is 0 Å². The molecule has 134 valence electrons. The first-order valence-electron chi connectivity index (χ1n) is 8.13. The van der Waals surface area contributed by atoms with Crippen molar-refractivity contribution in [2.45, 2.75) is 6.42 Å². The molecule has 1 aromatic carbocycles. The number of pyridine rings is 1. The maximum absolute atomic E-state index is 11.9. The van der Waals surface area contributed by atoms with Gasteiger partial charge in [0, 0.05) is 36.3 Å². The Morgan fingerprint density at radius 3 is 2.69 bits per heavy atom. The first-order valence-corrected chi connectivity index (χ1v) is 9.01. The molecule has 26 heavy (non-hydrogen) atoms. The molecule has 0 saturated heterocycles. The number of thiazole rings is 1. The highest BCUT2D eigenvalue weighted by Crippen LogP contribution is 2.25. The molecule has 0 aliphatic rings. The van der Waals surface area contributed by atoms with E-state index in [2.05, 4.69) is 15.3 Å². The van der Waals surface area contributed by atoms with Crippen molar-refractivity contribution in [3.05, 3.63) is 59.9 Å². The largest absolute Gasteiger partial charge is 0.493 e. The number of benzene rings is 1. The van der Waals surface area contributed by atoms with Crippen LogP contribution in [0.3, 0.4) is 0 Å². The summed E-state index contributed by atoms with van der Waals surface area (Å²) in [6.45, 7) is 0.452. The van der Waals surface area contributed by atoms with Gasteiger partial charge in [-0.05, 0) is 24.3 Å². The van der Waals surface area contributed by atoms with Crippen LogP contribution in [0.2, 0.25) is 0 Å². The summed E-state index contributed by atoms with van der Waals surface area (Å²) in [6.07, 6.45) is 4.17. The van der Waals surface area contributed by atoms with Gasteiger partial charge in [0.1, 0.15) is 5.01 Å². The summed E-state index contributed by atoms with van der Waals surface area (Å²) >= 11 is 1.58. The lowest BCUT2D eigenvalue weighted by Crippen LogP contribution is -2.30. The van der Waals surface area contributed by atoms with Crippen LogP contribution < -0.4 is 14.8 Å². The molecule has 0 atom stereocenters. The topological polar surface area (TPSA) is 73.3 Å². The van der Waals surface area contributed by atoms with Gasteiger partial charge in [0.15, 0.2) is 18.1 Å². The van der Waals surface area contributed by atoms with Crippen LogP contribution in [0.25, 0.3) is 10.6 Å². The number of para-hydroxylation sites is 2. The molecule has 0 aliphatic heterocycles. The number of hydrogen-bond acceptors (Lipinski definition) is 6. The zero-order chi connectivity index (χ0) is 18.2. The Hall–Kier alpha value is -2.93. The Morgan fingerprint density at radius 1 is 1.15 bits per heavy atom. The number of nitrogens with one attached hydrogen (secondary N) is 1. The van der Waals surface area contributed by atoms with Gasteiger partial charge >= 0.3 is 0 Å². The quantitative estimate of drug-likeness (QED) is 0.661. The molecule has 0 aliphatic carbocycles. The van der Waals surface area contributed by atoms with Crippen molar-refractivity contribution < 1.29 is 14.3 Å². The van der Waals surface area contributed by atoms with E-state index in [-0.39, 0.29) is 12.5 Å². The van der Waals surface area contributed by atoms with E-state index in [1.54, 1.807) is 43.0 Å². The fraction of sp³-hybridized carbons (Fsp3) is 0.211. The Bertz CT molecular complexity index is 852. The van der Waals surface area contributed by atoms with Crippen LogP contribution >= 0.6 is 11.3 Å². The number of amides is 1. The van der Waals surface area contributed by atoms with Gasteiger partial charge in [-0.15, -0.1) is 11.3 Å². The smallest absolute Gasteiger partial charge is 0.257 e. The fourth-order valence-corrected chi connectivity index (χ4v) is 3.17. The Balaban J connectivity index is 1.43. The van der Waals surface area contributed by atoms with Gasteiger partial charge in [-0.1, -0.05) is 12.1 Å². The Labute approximate surface area is 155 Å². The number of aromatic nitrogens is 2. The second kappa shape index (κ2) is 8.96. The van der Waals surface area contributed by atoms with Crippen molar-refractivity contribution in [2.24, 2.45) is 0 Å². The van der Waals surface area contributed by atoms with Gasteiger partial charge in [-0.3, -0.25) is 9.78 Å². The number of hydrogen-bond donors (Lipinski definition) is 1. The van der Waals surface area contributed by atoms with Crippen LogP contribution in [-0.4, -0.2) is 36.1 Å². The third kappa shape index (κ3) is 4.80. The predicted molar refractivity (Wildman–Crippen MR) is 101 cm³/mol. The molecule has 6 nitrogen and oxygen atoms in total. The fourth-order valence-electron chi connectivity index (χ4n) is 2.31. The van der Waals surface area contributed by atoms with Crippen LogP contribution in [-0.2, 0) is 11.2 Å². The van der Waals surface area contributed by atoms with Crippen LogP contribution in [0.5, 0.6) is 11.5 Å². The summed E-state index contributed by atoms with van der Waals surface area (Å²) in [5.41, 5.74) is 2.00. The SMILES string of the molecule is COc1ccccc1OCC(=O)NCCc1csc(-c2ccncc2)n1. The van der Waals surface area contributed by atoms with Gasteiger partial charge in [0.25, 0.3) is 5.91 Å². The highest BCUT2D eigenvalue weighted by Gasteiger charge is 2.08. The van der Waals surface area contributed by atoms with Crippen LogP contribution in [0.1, 0.15) is 5.69 Å². The monoisotopic (exact) mass is 369 g/mol. The molecule has 0 fully saturated rings. The number of rotatable bonds is 8. The maximum Gasteiger partial charge on any atom is 0.257 e. The normalized spacial score (nSPS) is 10.3. The minimum Gasteiger partial charge on any atom is -0.493 e. The first-order chi connectivity index (χ1) is 12.8. The van der Waals surface area contributed by atoms with Crippen molar-refractivity contribution in [1.29, 1.82) is 0 Å². The number of nitrogens with zero attached hydrogens (tertiary/aromatic N) is 2. The van der Waals surface area contributed by atoms with Crippen LogP contribution in [0, 0.1) is 0 Å². The van der Waals surface area contributed by atoms with Gasteiger partial charge < -0.3 is 14.8 Å². The summed E-state index contributed by atoms with van der Waals surface area (Å²) < 4.78 is 10.7. The third-order valence-corrected chi connectivity index (χ3v) is 4.55. The lowest BCUT2D eigenvalue weighted by molar-refractivity contribution is -0.123. The average molecular weight is 369 g/mol. The summed E-state index contributed by atoms with van der Waals surface area (Å²) in [4.78, 5) is 20.5. The Kier molecular flexibility index (Phi) is 6.16. The highest BCUT2D eigenvalue weighted by atomic mass is 32.1. The van der Waals surface area contributed by atoms with Gasteiger partial charge in [-0.25, -0.2) is 4.98 Å². The van der Waals surface area contributed by atoms with E-state index in [0.717, 1.165) is 16.3 Å². The maximum atomic E-state index is 11.9. The second-order valence-electron chi connectivity index (χ2n) is 5.42. The molecular formula is C19H19N3O3S. The van der Waals surface area contributed by atoms with Crippen molar-refractivity contribution in [3.8, 4) is 22.1 Å². The molecule has 1 N–H and O–H groups in total. The molecule has 1 amide bonds. The molecule has 2 heterocycles. The minimum atomic E-state index is -0.180. The van der Waals surface area contributed by atoms with E-state index >= 15 is 0 Å². The standard InChI is InChI=1S/C19H19N3O3S/c1-24-16-4-2-3-5-17(16)25-12-18(23)21-11-8-15-13-26-19(22-15)14-6-9-20-10-7-14/h2-7,9-10,13H,8,11-12H2,1H3,(H,21,23). The molecule has 0 spiro atoms. The molecule has 3 aromatic rings. The number of methoxy groups -OCH3 is 1. The predicted octanol–water partition coefficient (Wildman–Crippen LogP) is 2.95. The van der Waals surface area contributed by atoms with E-state index in [1.807, 2.05) is 29.6 Å². The van der Waals surface area contributed by atoms with Gasteiger partial charge in [-0.2, -0.15) is 0 Å². The zero-order valence-corrected chi connectivity index (χ0v) is 15.2. The first kappa shape index (κ1) is 17.9. The lowest BCUT2D eigenvalue weighted by atomic mass is 10.3. The molecule has 0 bridgehead atoms. The van der Waals surface area contributed by atoms with Crippen molar-refractivity contribution in [1.82, 2.24) is 15.3 Å². The second-order valence-corrected chi connectivity index (χ2v) is 6.28. The van der Waals surface area contributed by atoms with Crippen molar-refractivity contribution in [3.63, 3.8) is 0 Å². The van der Waals surface area contributed by atoms with E-state index in [0.29, 0.717) is 24.5 Å². The molecule has 2 aromatic heterocycles. The van der Waals surface area contributed by atoms with Gasteiger partial charge in [0.2, 0.25) is 0 Å². The molecule has 7 heteroatoms. The molecule has 0 unspecified atom stereocenters. The van der Waals surface area contributed by atoms with Crippen LogP contribution in [0.4, 0.5) is 0 Å². The van der Waals surface area contributed by atoms with Crippen molar-refractivity contribution >= 4 is 17.2 Å². The summed E-state index contributed by atoms with van der Waals surface area (Å²) in [6, 6.07) is 11.1. The summed E-state index contributed by atoms with van der Waals surface area (Å²) in [7, 11) is 1.57. The van der Waals surface area contributed by atoms with Crippen LogP contribution in [0.15, 0.2) is 54.2 Å². The molecule has 0 radical (unpaired) electrons. The van der Waals surface area contributed by atoms with E-state index in [1.165, 1.54) is 0 Å². The highest BCUT2D eigenvalue weighted by molar-refractivity contribution is 7.13. The molecule has 0 saturated carbocycles. The zero-order valence-electron chi connectivity index (χ0n) is 14.3. The number of ether oxygens (including phenoxy) is 2. The lowest BCUT2D eigenvalue weighted by Gasteiger charge is -2.10. The summed E-state index contributed by atoms with van der Waals surface area (Å²) in [5, 5.41) is 5.80.